The van der Waals surface area contributed by atoms with Crippen LogP contribution in [0.25, 0.3) is 11.1 Å². The van der Waals surface area contributed by atoms with E-state index in [1.165, 1.54) is 40.8 Å². The Morgan fingerprint density at radius 3 is 2.20 bits per heavy atom. The zero-order valence-electron chi connectivity index (χ0n) is 24.1. The highest BCUT2D eigenvalue weighted by Gasteiger charge is 2.29. The largest absolute Gasteiger partial charge is 0.465 e. The molecular formula is C32H43N3O6. The molecule has 0 unspecified atom stereocenters. The molecule has 9 heteroatoms. The molecule has 2 N–H and O–H groups in total. The number of unbranched alkanes of at least 4 members (excludes halogenated alkanes) is 3. The fourth-order valence-corrected chi connectivity index (χ4v) is 5.77. The van der Waals surface area contributed by atoms with Crippen molar-refractivity contribution in [1.29, 1.82) is 0 Å². The highest BCUT2D eigenvalue weighted by atomic mass is 16.7. The summed E-state index contributed by atoms with van der Waals surface area (Å²) in [6, 6.07) is 16.6. The number of benzene rings is 2. The van der Waals surface area contributed by atoms with Gasteiger partial charge in [0.15, 0.2) is 0 Å². The van der Waals surface area contributed by atoms with Gasteiger partial charge in [0.05, 0.1) is 12.6 Å². The lowest BCUT2D eigenvalue weighted by molar-refractivity contribution is -0.204. The average molecular weight is 566 g/mol. The SMILES string of the molecule is CN(CCON(C(=O)CCCCCCNC(=O)OCC1c2ccccc2-c2ccccc21)C1CCCCC1)C(=O)O. The predicted octanol–water partition coefficient (Wildman–Crippen LogP) is 6.18. The molecule has 0 spiro atoms. The van der Waals surface area contributed by atoms with E-state index in [1.54, 1.807) is 0 Å². The summed E-state index contributed by atoms with van der Waals surface area (Å²) in [5, 5.41) is 13.4. The van der Waals surface area contributed by atoms with E-state index in [2.05, 4.69) is 29.6 Å². The van der Waals surface area contributed by atoms with Gasteiger partial charge < -0.3 is 20.1 Å². The third-order valence-corrected chi connectivity index (χ3v) is 8.07. The van der Waals surface area contributed by atoms with Crippen molar-refractivity contribution >= 4 is 18.1 Å². The lowest BCUT2D eigenvalue weighted by Crippen LogP contribution is -2.43. The second-order valence-electron chi connectivity index (χ2n) is 11.0. The Balaban J connectivity index is 1.11. The van der Waals surface area contributed by atoms with Crippen LogP contribution in [0.3, 0.4) is 0 Å². The Morgan fingerprint density at radius 2 is 1.54 bits per heavy atom. The first-order chi connectivity index (χ1) is 20.0. The number of rotatable bonds is 14. The Kier molecular flexibility index (Phi) is 11.4. The van der Waals surface area contributed by atoms with Crippen LogP contribution in [0, 0.1) is 0 Å². The van der Waals surface area contributed by atoms with Crippen molar-refractivity contribution in [3.05, 3.63) is 59.7 Å². The molecule has 0 aliphatic heterocycles. The van der Waals surface area contributed by atoms with Gasteiger partial charge >= 0.3 is 12.2 Å². The van der Waals surface area contributed by atoms with Crippen molar-refractivity contribution in [2.24, 2.45) is 0 Å². The zero-order valence-corrected chi connectivity index (χ0v) is 24.1. The molecule has 2 aliphatic carbocycles. The first kappa shape index (κ1) is 30.4. The molecule has 0 bridgehead atoms. The molecule has 1 fully saturated rings. The Morgan fingerprint density at radius 1 is 0.902 bits per heavy atom. The maximum atomic E-state index is 13.0. The number of carbonyl (C=O) groups excluding carboxylic acids is 2. The minimum atomic E-state index is -1.02. The van der Waals surface area contributed by atoms with Crippen LogP contribution >= 0.6 is 0 Å². The minimum Gasteiger partial charge on any atom is -0.465 e. The van der Waals surface area contributed by atoms with Crippen LogP contribution < -0.4 is 5.32 Å². The van der Waals surface area contributed by atoms with E-state index in [-0.39, 0.29) is 31.0 Å². The number of hydrogen-bond donors (Lipinski definition) is 2. The fourth-order valence-electron chi connectivity index (χ4n) is 5.77. The molecule has 2 aliphatic rings. The minimum absolute atomic E-state index is 0.0355. The summed E-state index contributed by atoms with van der Waals surface area (Å²) in [5.41, 5.74) is 4.79. The highest BCUT2D eigenvalue weighted by molar-refractivity contribution is 5.79. The van der Waals surface area contributed by atoms with Crippen molar-refractivity contribution < 1.29 is 29.1 Å². The number of nitrogens with one attached hydrogen (secondary N) is 1. The van der Waals surface area contributed by atoms with E-state index in [1.807, 2.05) is 24.3 Å². The number of nitrogens with zero attached hydrogens (tertiary/aromatic N) is 2. The van der Waals surface area contributed by atoms with Crippen LogP contribution in [0.15, 0.2) is 48.5 Å². The number of ether oxygens (including phenoxy) is 1. The van der Waals surface area contributed by atoms with Gasteiger partial charge in [0, 0.05) is 32.5 Å². The molecule has 0 aromatic heterocycles. The average Bonchev–Trinajstić information content (AvgIpc) is 3.31. The molecule has 0 heterocycles. The molecule has 1 saturated carbocycles. The van der Waals surface area contributed by atoms with Crippen LogP contribution in [0.1, 0.15) is 81.3 Å². The van der Waals surface area contributed by atoms with Crippen LogP contribution in [-0.4, -0.2) is 72.6 Å². The van der Waals surface area contributed by atoms with Crippen molar-refractivity contribution in [2.45, 2.75) is 76.2 Å². The molecule has 0 atom stereocenters. The first-order valence-corrected chi connectivity index (χ1v) is 14.9. The molecule has 222 valence electrons. The fraction of sp³-hybridized carbons (Fsp3) is 0.531. The smallest absolute Gasteiger partial charge is 0.407 e. The van der Waals surface area contributed by atoms with Crippen molar-refractivity contribution in [3.63, 3.8) is 0 Å². The molecule has 0 saturated heterocycles. The van der Waals surface area contributed by atoms with Gasteiger partial charge in [-0.25, -0.2) is 14.7 Å². The summed E-state index contributed by atoms with van der Waals surface area (Å²) >= 11 is 0. The molecule has 2 aromatic rings. The van der Waals surface area contributed by atoms with Gasteiger partial charge in [0.1, 0.15) is 6.61 Å². The summed E-state index contributed by atoms with van der Waals surface area (Å²) in [6.45, 7) is 1.20. The number of carboxylic acid groups (broad SMARTS) is 1. The quantitative estimate of drug-likeness (QED) is 0.209. The van der Waals surface area contributed by atoms with Crippen molar-refractivity contribution in [3.8, 4) is 11.1 Å². The Hall–Kier alpha value is -3.59. The molecule has 0 radical (unpaired) electrons. The van der Waals surface area contributed by atoms with Gasteiger partial charge in [-0.3, -0.25) is 9.63 Å². The number of amides is 3. The molecule has 3 amide bonds. The topological polar surface area (TPSA) is 108 Å². The second-order valence-corrected chi connectivity index (χ2v) is 11.0. The normalized spacial score (nSPS) is 14.7. The number of hydrogen-bond acceptors (Lipinski definition) is 5. The van der Waals surface area contributed by atoms with E-state index in [0.717, 1.165) is 56.3 Å². The molecule has 41 heavy (non-hydrogen) atoms. The molecule has 2 aromatic carbocycles. The third-order valence-electron chi connectivity index (χ3n) is 8.07. The van der Waals surface area contributed by atoms with E-state index in [9.17, 15) is 14.4 Å². The van der Waals surface area contributed by atoms with Gasteiger partial charge in [-0.2, -0.15) is 0 Å². The third kappa shape index (κ3) is 8.45. The van der Waals surface area contributed by atoms with Gasteiger partial charge in [-0.15, -0.1) is 0 Å². The highest BCUT2D eigenvalue weighted by Crippen LogP contribution is 2.44. The Labute approximate surface area is 242 Å². The van der Waals surface area contributed by atoms with Crippen LogP contribution in [0.4, 0.5) is 9.59 Å². The summed E-state index contributed by atoms with van der Waals surface area (Å²) in [7, 11) is 1.49. The van der Waals surface area contributed by atoms with E-state index in [4.69, 9.17) is 14.7 Å². The standard InChI is InChI=1S/C32H43N3O6/c1-34(32(38)39)21-22-41-35(24-13-5-4-6-14-24)30(36)19-7-2-3-12-20-33-31(37)40-23-29-27-17-10-8-15-25(27)26-16-9-11-18-28(26)29/h8-11,15-18,24,29H,2-7,12-14,19-23H2,1H3,(H,33,37)(H,38,39). The molecular weight excluding hydrogens is 522 g/mol. The van der Waals surface area contributed by atoms with E-state index >= 15 is 0 Å². The lowest BCUT2D eigenvalue weighted by atomic mass is 9.95. The summed E-state index contributed by atoms with van der Waals surface area (Å²) in [4.78, 5) is 43.3. The summed E-state index contributed by atoms with van der Waals surface area (Å²) in [5.74, 6) is 0.00700. The second kappa shape index (κ2) is 15.4. The van der Waals surface area contributed by atoms with Gasteiger partial charge in [-0.1, -0.05) is 80.6 Å². The number of carbonyl (C=O) groups is 3. The van der Waals surface area contributed by atoms with E-state index < -0.39 is 12.2 Å². The number of hydroxylamine groups is 2. The maximum Gasteiger partial charge on any atom is 0.407 e. The first-order valence-electron chi connectivity index (χ1n) is 14.9. The lowest BCUT2D eigenvalue weighted by Gasteiger charge is -2.33. The maximum absolute atomic E-state index is 13.0. The van der Waals surface area contributed by atoms with Crippen LogP contribution in [0.5, 0.6) is 0 Å². The molecule has 4 rings (SSSR count). The van der Waals surface area contributed by atoms with Crippen molar-refractivity contribution in [2.75, 3.05) is 33.4 Å². The number of fused-ring (bicyclic) bond motifs is 3. The zero-order chi connectivity index (χ0) is 29.0. The van der Waals surface area contributed by atoms with Gasteiger partial charge in [0.25, 0.3) is 0 Å². The van der Waals surface area contributed by atoms with Crippen LogP contribution in [-0.2, 0) is 14.4 Å². The monoisotopic (exact) mass is 565 g/mol. The van der Waals surface area contributed by atoms with Crippen molar-refractivity contribution in [1.82, 2.24) is 15.3 Å². The summed E-state index contributed by atoms with van der Waals surface area (Å²) < 4.78 is 5.59. The molecule has 9 nitrogen and oxygen atoms in total. The van der Waals surface area contributed by atoms with Gasteiger partial charge in [-0.05, 0) is 47.9 Å². The summed E-state index contributed by atoms with van der Waals surface area (Å²) in [6.07, 6.45) is 7.44. The predicted molar refractivity (Wildman–Crippen MR) is 156 cm³/mol. The number of likely N-dealkylation sites (N-methyl/N-ethyl adjacent to an activating group) is 1. The van der Waals surface area contributed by atoms with E-state index in [0.29, 0.717) is 19.6 Å². The van der Waals surface area contributed by atoms with Crippen LogP contribution in [0.2, 0.25) is 0 Å². The van der Waals surface area contributed by atoms with Gasteiger partial charge in [0.2, 0.25) is 5.91 Å². The number of alkyl carbamates (subject to hydrolysis) is 1. The Bertz CT molecular complexity index is 1120.